The summed E-state index contributed by atoms with van der Waals surface area (Å²) in [4.78, 5) is 0. The van der Waals surface area contributed by atoms with Gasteiger partial charge in [-0.2, -0.15) is 5.26 Å². The third-order valence-electron chi connectivity index (χ3n) is 6.15. The molecule has 1 atom stereocenters. The molecule has 2 heterocycles. The predicted molar refractivity (Wildman–Crippen MR) is 137 cm³/mol. The molecule has 0 saturated carbocycles. The van der Waals surface area contributed by atoms with E-state index in [-0.39, 0.29) is 22.5 Å². The number of nitrogens with zero attached hydrogens (tertiary/aromatic N) is 2. The Morgan fingerprint density at radius 3 is 2.12 bits per heavy atom. The Labute approximate surface area is 208 Å². The Hall–Kier alpha value is -3.24. The van der Waals surface area contributed by atoms with Crippen molar-refractivity contribution in [2.75, 3.05) is 0 Å². The van der Waals surface area contributed by atoms with Crippen LogP contribution in [0.4, 0.5) is 0 Å². The largest absolute Gasteiger partial charge is 0.507 e. The molecule has 34 heavy (non-hydrogen) atoms. The highest BCUT2D eigenvalue weighted by Crippen LogP contribution is 2.49. The van der Waals surface area contributed by atoms with E-state index in [4.69, 9.17) is 10.5 Å². The predicted octanol–water partition coefficient (Wildman–Crippen LogP) is 6.36. The van der Waals surface area contributed by atoms with E-state index < -0.39 is 5.92 Å². The van der Waals surface area contributed by atoms with Gasteiger partial charge in [0.1, 0.15) is 17.4 Å². The van der Waals surface area contributed by atoms with Crippen LogP contribution in [0.1, 0.15) is 69.7 Å². The number of benzene rings is 2. The molecule has 0 amide bonds. The number of fused-ring (bicyclic) bond motifs is 1. The van der Waals surface area contributed by atoms with Crippen molar-refractivity contribution < 1.29 is 9.84 Å². The van der Waals surface area contributed by atoms with Crippen LogP contribution in [0, 0.1) is 11.3 Å². The van der Waals surface area contributed by atoms with E-state index >= 15 is 0 Å². The Kier molecular flexibility index (Phi) is 5.77. The van der Waals surface area contributed by atoms with Gasteiger partial charge in [0.15, 0.2) is 0 Å². The molecule has 0 unspecified atom stereocenters. The van der Waals surface area contributed by atoms with Gasteiger partial charge >= 0.3 is 0 Å². The highest BCUT2D eigenvalue weighted by atomic mass is 79.9. The first-order valence-corrected chi connectivity index (χ1v) is 11.9. The lowest BCUT2D eigenvalue weighted by molar-refractivity contribution is 0.378. The smallest absolute Gasteiger partial charge is 0.244 e. The maximum Gasteiger partial charge on any atom is 0.244 e. The molecule has 1 aromatic heterocycles. The van der Waals surface area contributed by atoms with E-state index in [1.54, 1.807) is 0 Å². The fourth-order valence-corrected chi connectivity index (χ4v) is 4.65. The van der Waals surface area contributed by atoms with Gasteiger partial charge in [-0.3, -0.25) is 5.10 Å². The summed E-state index contributed by atoms with van der Waals surface area (Å²) in [5.74, 6) is 0.166. The van der Waals surface area contributed by atoms with Crippen LogP contribution in [0.15, 0.2) is 52.3 Å². The average Bonchev–Trinajstić information content (AvgIpc) is 3.15. The molecule has 0 saturated heterocycles. The number of hydrogen-bond donors (Lipinski definition) is 3. The van der Waals surface area contributed by atoms with E-state index in [1.165, 1.54) is 0 Å². The molecule has 7 heteroatoms. The van der Waals surface area contributed by atoms with Crippen LogP contribution in [-0.4, -0.2) is 15.3 Å². The standard InChI is InChI=1S/C27H29BrN4O2/c1-26(2,3)18-11-15(12-19(23(18)33)27(4,5)6)20-17(13-29)24(30)34-25-21(20)22(31-32-25)14-7-9-16(28)10-8-14/h7-12,20,33H,30H2,1-6H3,(H,31,32)/t20-/m0/s1. The summed E-state index contributed by atoms with van der Waals surface area (Å²) in [5.41, 5.74) is 10.8. The molecule has 6 nitrogen and oxygen atoms in total. The topological polar surface area (TPSA) is 108 Å². The van der Waals surface area contributed by atoms with Crippen LogP contribution < -0.4 is 10.5 Å². The Morgan fingerprint density at radius 1 is 1.06 bits per heavy atom. The number of nitrogens with two attached hydrogens (primary N) is 1. The number of H-pyrrole nitrogens is 1. The van der Waals surface area contributed by atoms with E-state index in [0.29, 0.717) is 11.5 Å². The minimum absolute atomic E-state index is 0.0385. The number of nitriles is 1. The number of aromatic nitrogens is 2. The van der Waals surface area contributed by atoms with Crippen LogP contribution in [0.25, 0.3) is 11.3 Å². The van der Waals surface area contributed by atoms with Crippen molar-refractivity contribution in [1.29, 1.82) is 5.26 Å². The first kappa shape index (κ1) is 23.9. The van der Waals surface area contributed by atoms with Gasteiger partial charge in [0.05, 0.1) is 17.2 Å². The molecule has 3 aromatic rings. The zero-order valence-electron chi connectivity index (χ0n) is 20.2. The fourth-order valence-electron chi connectivity index (χ4n) is 4.38. The quantitative estimate of drug-likeness (QED) is 0.364. The molecule has 4 rings (SSSR count). The van der Waals surface area contributed by atoms with Crippen molar-refractivity contribution in [1.82, 2.24) is 10.2 Å². The first-order chi connectivity index (χ1) is 15.8. The zero-order valence-corrected chi connectivity index (χ0v) is 21.8. The second-order valence-electron chi connectivity index (χ2n) is 10.7. The van der Waals surface area contributed by atoms with Crippen molar-refractivity contribution in [3.05, 3.63) is 74.6 Å². The second-order valence-corrected chi connectivity index (χ2v) is 11.6. The van der Waals surface area contributed by atoms with Gasteiger partial charge in [-0.1, -0.05) is 81.7 Å². The van der Waals surface area contributed by atoms with Gasteiger partial charge < -0.3 is 15.6 Å². The maximum atomic E-state index is 11.2. The molecule has 0 radical (unpaired) electrons. The third-order valence-corrected chi connectivity index (χ3v) is 6.68. The van der Waals surface area contributed by atoms with Crippen LogP contribution in [0.3, 0.4) is 0 Å². The number of phenols is 1. The molecule has 4 N–H and O–H groups in total. The minimum atomic E-state index is -0.506. The molecular formula is C27H29BrN4O2. The molecule has 0 fully saturated rings. The molecule has 2 aromatic carbocycles. The number of halogens is 1. The van der Waals surface area contributed by atoms with Crippen LogP contribution in [0.5, 0.6) is 11.6 Å². The van der Waals surface area contributed by atoms with Crippen molar-refractivity contribution in [3.8, 4) is 29.0 Å². The van der Waals surface area contributed by atoms with Gasteiger partial charge in [0, 0.05) is 10.0 Å². The molecule has 1 aliphatic heterocycles. The van der Waals surface area contributed by atoms with Crippen LogP contribution >= 0.6 is 15.9 Å². The first-order valence-electron chi connectivity index (χ1n) is 11.1. The third kappa shape index (κ3) is 4.07. The highest BCUT2D eigenvalue weighted by molar-refractivity contribution is 9.10. The number of aromatic hydroxyl groups is 1. The lowest BCUT2D eigenvalue weighted by Gasteiger charge is -2.31. The van der Waals surface area contributed by atoms with Crippen molar-refractivity contribution in [3.63, 3.8) is 0 Å². The molecular weight excluding hydrogens is 492 g/mol. The normalized spacial score (nSPS) is 16.1. The molecule has 0 bridgehead atoms. The number of hydrogen-bond acceptors (Lipinski definition) is 5. The number of allylic oxidation sites excluding steroid dienone is 1. The Bertz CT molecular complexity index is 1300. The lowest BCUT2D eigenvalue weighted by atomic mass is 9.74. The monoisotopic (exact) mass is 520 g/mol. The average molecular weight is 521 g/mol. The van der Waals surface area contributed by atoms with E-state index in [0.717, 1.165) is 38.0 Å². The van der Waals surface area contributed by atoms with Gasteiger partial charge in [-0.05, 0) is 39.7 Å². The summed E-state index contributed by atoms with van der Waals surface area (Å²) in [7, 11) is 0. The van der Waals surface area contributed by atoms with Crippen molar-refractivity contribution in [2.24, 2.45) is 5.73 Å². The Balaban J connectivity index is 2.04. The molecule has 176 valence electrons. The molecule has 0 spiro atoms. The summed E-state index contributed by atoms with van der Waals surface area (Å²) in [6.07, 6.45) is 0. The summed E-state index contributed by atoms with van der Waals surface area (Å²) in [6, 6.07) is 14.1. The van der Waals surface area contributed by atoms with E-state index in [2.05, 4.69) is 73.7 Å². The van der Waals surface area contributed by atoms with E-state index in [1.807, 2.05) is 36.4 Å². The molecule has 0 aliphatic carbocycles. The SMILES string of the molecule is CC(C)(C)c1cc([C@H]2C(C#N)=C(N)Oc3n[nH]c(-c4ccc(Br)cc4)c32)cc(C(C)(C)C)c1O. The number of nitrogens with one attached hydrogen (secondary N) is 1. The van der Waals surface area contributed by atoms with Crippen LogP contribution in [-0.2, 0) is 10.8 Å². The number of aromatic amines is 1. The maximum absolute atomic E-state index is 11.2. The zero-order chi connectivity index (χ0) is 25.0. The number of rotatable bonds is 2. The second kappa shape index (κ2) is 8.21. The fraction of sp³-hybridized carbons (Fsp3) is 0.333. The number of ether oxygens (including phenoxy) is 1. The van der Waals surface area contributed by atoms with Gasteiger partial charge in [0.25, 0.3) is 0 Å². The summed E-state index contributed by atoms with van der Waals surface area (Å²) < 4.78 is 6.73. The Morgan fingerprint density at radius 2 is 1.62 bits per heavy atom. The number of phenolic OH excluding ortho intramolecular Hbond substituents is 1. The summed E-state index contributed by atoms with van der Waals surface area (Å²) in [6.45, 7) is 12.4. The summed E-state index contributed by atoms with van der Waals surface area (Å²) in [5, 5.41) is 28.8. The van der Waals surface area contributed by atoms with Gasteiger partial charge in [-0.15, -0.1) is 5.10 Å². The van der Waals surface area contributed by atoms with Gasteiger partial charge in [-0.25, -0.2) is 0 Å². The van der Waals surface area contributed by atoms with Crippen molar-refractivity contribution in [2.45, 2.75) is 58.3 Å². The van der Waals surface area contributed by atoms with E-state index in [9.17, 15) is 10.4 Å². The molecule has 1 aliphatic rings. The van der Waals surface area contributed by atoms with Crippen molar-refractivity contribution >= 4 is 15.9 Å². The lowest BCUT2D eigenvalue weighted by Crippen LogP contribution is -2.23. The van der Waals surface area contributed by atoms with Gasteiger partial charge in [0.2, 0.25) is 11.8 Å². The highest BCUT2D eigenvalue weighted by Gasteiger charge is 2.37. The minimum Gasteiger partial charge on any atom is -0.507 e. The summed E-state index contributed by atoms with van der Waals surface area (Å²) >= 11 is 3.48. The van der Waals surface area contributed by atoms with Crippen LogP contribution in [0.2, 0.25) is 0 Å².